The molecule has 1 saturated heterocycles. The number of nitrogens with zero attached hydrogens (tertiary/aromatic N) is 2. The average molecular weight is 465 g/mol. The first-order valence-corrected chi connectivity index (χ1v) is 12.2. The monoisotopic (exact) mass is 464 g/mol. The summed E-state index contributed by atoms with van der Waals surface area (Å²) in [6.45, 7) is 3.47. The van der Waals surface area contributed by atoms with Crippen LogP contribution >= 0.6 is 23.2 Å². The molecule has 0 N–H and O–H groups in total. The van der Waals surface area contributed by atoms with Gasteiger partial charge in [0.15, 0.2) is 0 Å². The van der Waals surface area contributed by atoms with Gasteiger partial charge in [-0.3, -0.25) is 0 Å². The van der Waals surface area contributed by atoms with Crippen molar-refractivity contribution >= 4 is 38.9 Å². The van der Waals surface area contributed by atoms with E-state index in [4.69, 9.17) is 27.6 Å². The van der Waals surface area contributed by atoms with Gasteiger partial charge in [-0.1, -0.05) is 42.3 Å². The molecule has 0 aliphatic carbocycles. The van der Waals surface area contributed by atoms with Crippen molar-refractivity contribution in [3.05, 3.63) is 58.1 Å². The normalized spacial score (nSPS) is 14.8. The van der Waals surface area contributed by atoms with Crippen LogP contribution in [0, 0.1) is 0 Å². The number of aryl methyl sites for hydroxylation is 1. The second-order valence-corrected chi connectivity index (χ2v) is 10.0. The molecule has 5 nitrogen and oxygen atoms in total. The van der Waals surface area contributed by atoms with Crippen molar-refractivity contribution in [3.8, 4) is 11.5 Å². The van der Waals surface area contributed by atoms with Crippen LogP contribution in [-0.2, 0) is 16.3 Å². The van der Waals surface area contributed by atoms with Gasteiger partial charge in [0.05, 0.1) is 15.5 Å². The highest BCUT2D eigenvalue weighted by Gasteiger charge is 2.32. The van der Waals surface area contributed by atoms with Gasteiger partial charge in [0.2, 0.25) is 26.6 Å². The van der Waals surface area contributed by atoms with Crippen LogP contribution in [0.1, 0.15) is 31.7 Å². The lowest BCUT2D eigenvalue weighted by molar-refractivity contribution is 0.499. The standard InChI is InChI=1S/C22H22Cl2N2O3S/c1-2-15-6-9-17(10-7-15)30(27,28)21-22(26-12-4-3-5-13-26)29-20(25-21)18-11-8-16(23)14-19(18)24/h6-11,14H,2-5,12-13H2,1H3. The summed E-state index contributed by atoms with van der Waals surface area (Å²) >= 11 is 12.3. The number of piperidine rings is 1. The van der Waals surface area contributed by atoms with Gasteiger partial charge >= 0.3 is 0 Å². The zero-order chi connectivity index (χ0) is 21.3. The van der Waals surface area contributed by atoms with Gasteiger partial charge in [-0.25, -0.2) is 8.42 Å². The summed E-state index contributed by atoms with van der Waals surface area (Å²) in [4.78, 5) is 6.56. The van der Waals surface area contributed by atoms with Crippen LogP contribution in [0.4, 0.5) is 5.88 Å². The number of aromatic nitrogens is 1. The Kier molecular flexibility index (Phi) is 6.09. The van der Waals surface area contributed by atoms with E-state index in [1.807, 2.05) is 24.0 Å². The molecule has 0 unspecified atom stereocenters. The molecule has 30 heavy (non-hydrogen) atoms. The Morgan fingerprint density at radius 3 is 2.37 bits per heavy atom. The van der Waals surface area contributed by atoms with Crippen molar-refractivity contribution in [2.75, 3.05) is 18.0 Å². The van der Waals surface area contributed by atoms with Crippen LogP contribution in [-0.4, -0.2) is 26.5 Å². The van der Waals surface area contributed by atoms with E-state index >= 15 is 0 Å². The predicted octanol–water partition coefficient (Wildman–Crippen LogP) is 6.03. The first-order chi connectivity index (χ1) is 14.4. The summed E-state index contributed by atoms with van der Waals surface area (Å²) in [6.07, 6.45) is 3.90. The van der Waals surface area contributed by atoms with Crippen LogP contribution in [0.2, 0.25) is 10.0 Å². The number of anilines is 1. The van der Waals surface area contributed by atoms with E-state index in [2.05, 4.69) is 4.98 Å². The minimum Gasteiger partial charge on any atom is -0.419 e. The zero-order valence-corrected chi connectivity index (χ0v) is 18.9. The molecule has 3 aromatic rings. The Labute approximate surface area is 186 Å². The molecule has 158 valence electrons. The molecule has 1 fully saturated rings. The number of rotatable bonds is 5. The molecule has 1 aliphatic heterocycles. The topological polar surface area (TPSA) is 63.4 Å². The fourth-order valence-electron chi connectivity index (χ4n) is 3.56. The van der Waals surface area contributed by atoms with Crippen molar-refractivity contribution in [2.45, 2.75) is 42.5 Å². The number of halogens is 2. The molecule has 0 radical (unpaired) electrons. The molecule has 4 rings (SSSR count). The molecule has 0 amide bonds. The van der Waals surface area contributed by atoms with Crippen molar-refractivity contribution in [2.24, 2.45) is 0 Å². The number of sulfone groups is 1. The summed E-state index contributed by atoms with van der Waals surface area (Å²) in [6, 6.07) is 11.8. The summed E-state index contributed by atoms with van der Waals surface area (Å²) in [5.74, 6) is 0.441. The lowest BCUT2D eigenvalue weighted by Gasteiger charge is -2.26. The first kappa shape index (κ1) is 21.2. The Morgan fingerprint density at radius 1 is 1.03 bits per heavy atom. The van der Waals surface area contributed by atoms with Gasteiger partial charge < -0.3 is 9.32 Å². The minimum absolute atomic E-state index is 0.0744. The Balaban J connectivity index is 1.84. The first-order valence-electron chi connectivity index (χ1n) is 9.95. The molecular weight excluding hydrogens is 443 g/mol. The van der Waals surface area contributed by atoms with Crippen LogP contribution in [0.5, 0.6) is 0 Å². The summed E-state index contributed by atoms with van der Waals surface area (Å²) in [5.41, 5.74) is 1.57. The highest BCUT2D eigenvalue weighted by molar-refractivity contribution is 7.91. The largest absolute Gasteiger partial charge is 0.419 e. The SMILES string of the molecule is CCc1ccc(S(=O)(=O)c2nc(-c3ccc(Cl)cc3Cl)oc2N2CCCCC2)cc1. The maximum Gasteiger partial charge on any atom is 0.236 e. The van der Waals surface area contributed by atoms with Gasteiger partial charge in [-0.15, -0.1) is 0 Å². The molecule has 0 atom stereocenters. The summed E-state index contributed by atoms with van der Waals surface area (Å²) < 4.78 is 33.0. The van der Waals surface area contributed by atoms with E-state index in [9.17, 15) is 8.42 Å². The number of hydrogen-bond donors (Lipinski definition) is 0. The minimum atomic E-state index is -3.87. The molecule has 8 heteroatoms. The van der Waals surface area contributed by atoms with E-state index in [0.29, 0.717) is 15.6 Å². The highest BCUT2D eigenvalue weighted by Crippen LogP contribution is 2.38. The maximum atomic E-state index is 13.5. The van der Waals surface area contributed by atoms with E-state index in [-0.39, 0.29) is 21.7 Å². The molecular formula is C22H22Cl2N2O3S. The second-order valence-electron chi connectivity index (χ2n) is 7.30. The van der Waals surface area contributed by atoms with Crippen LogP contribution < -0.4 is 4.90 Å². The molecule has 0 spiro atoms. The van der Waals surface area contributed by atoms with Crippen molar-refractivity contribution < 1.29 is 12.8 Å². The lowest BCUT2D eigenvalue weighted by atomic mass is 10.1. The molecule has 2 heterocycles. The lowest BCUT2D eigenvalue weighted by Crippen LogP contribution is -2.30. The Hall–Kier alpha value is -2.02. The van der Waals surface area contributed by atoms with E-state index in [0.717, 1.165) is 44.3 Å². The molecule has 1 aromatic heterocycles. The highest BCUT2D eigenvalue weighted by atomic mass is 35.5. The van der Waals surface area contributed by atoms with Crippen molar-refractivity contribution in [1.29, 1.82) is 0 Å². The predicted molar refractivity (Wildman–Crippen MR) is 119 cm³/mol. The quantitative estimate of drug-likeness (QED) is 0.460. The van der Waals surface area contributed by atoms with E-state index in [1.165, 1.54) is 0 Å². The number of benzene rings is 2. The molecule has 2 aromatic carbocycles. The van der Waals surface area contributed by atoms with E-state index < -0.39 is 9.84 Å². The summed E-state index contributed by atoms with van der Waals surface area (Å²) in [5, 5.41) is 0.760. The molecule has 1 aliphatic rings. The average Bonchev–Trinajstić information content (AvgIpc) is 3.20. The summed E-state index contributed by atoms with van der Waals surface area (Å²) in [7, 11) is -3.87. The fourth-order valence-corrected chi connectivity index (χ4v) is 5.37. The Morgan fingerprint density at radius 2 is 1.73 bits per heavy atom. The van der Waals surface area contributed by atoms with Crippen LogP contribution in [0.25, 0.3) is 11.5 Å². The maximum absolute atomic E-state index is 13.5. The number of hydrogen-bond acceptors (Lipinski definition) is 5. The smallest absolute Gasteiger partial charge is 0.236 e. The van der Waals surface area contributed by atoms with Crippen LogP contribution in [0.15, 0.2) is 56.8 Å². The number of oxazole rings is 1. The van der Waals surface area contributed by atoms with Crippen LogP contribution in [0.3, 0.4) is 0 Å². The third-order valence-corrected chi connectivity index (χ3v) is 7.50. The molecule has 0 bridgehead atoms. The third-order valence-electron chi connectivity index (χ3n) is 5.28. The second kappa shape index (κ2) is 8.61. The fraction of sp³-hybridized carbons (Fsp3) is 0.318. The van der Waals surface area contributed by atoms with Gasteiger partial charge in [0.25, 0.3) is 0 Å². The van der Waals surface area contributed by atoms with Crippen molar-refractivity contribution in [1.82, 2.24) is 4.98 Å². The van der Waals surface area contributed by atoms with Gasteiger partial charge in [0.1, 0.15) is 0 Å². The zero-order valence-electron chi connectivity index (χ0n) is 16.6. The van der Waals surface area contributed by atoms with Gasteiger partial charge in [-0.2, -0.15) is 4.98 Å². The van der Waals surface area contributed by atoms with Gasteiger partial charge in [0, 0.05) is 18.1 Å². The Bertz CT molecular complexity index is 1150. The molecule has 0 saturated carbocycles. The van der Waals surface area contributed by atoms with E-state index in [1.54, 1.807) is 30.3 Å². The van der Waals surface area contributed by atoms with Gasteiger partial charge in [-0.05, 0) is 61.6 Å². The third kappa shape index (κ3) is 4.09. The van der Waals surface area contributed by atoms with Crippen molar-refractivity contribution in [3.63, 3.8) is 0 Å².